The van der Waals surface area contributed by atoms with Crippen molar-refractivity contribution in [1.29, 1.82) is 0 Å². The topological polar surface area (TPSA) is 35.1 Å². The second-order valence-corrected chi connectivity index (χ2v) is 5.21. The van der Waals surface area contributed by atoms with Crippen LogP contribution in [0.2, 0.25) is 0 Å². The van der Waals surface area contributed by atoms with Crippen molar-refractivity contribution in [3.05, 3.63) is 21.7 Å². The van der Waals surface area contributed by atoms with Crippen LogP contribution in [-0.4, -0.2) is 4.74 Å². The lowest BCUT2D eigenvalue weighted by molar-refractivity contribution is 0.254. The Bertz CT molecular complexity index is 392. The lowest BCUT2D eigenvalue weighted by Gasteiger charge is -2.12. The van der Waals surface area contributed by atoms with Gasteiger partial charge in [-0.3, -0.25) is 4.79 Å². The third-order valence-corrected chi connectivity index (χ3v) is 3.89. The highest BCUT2D eigenvalue weighted by Crippen LogP contribution is 2.29. The molecule has 0 saturated heterocycles. The summed E-state index contributed by atoms with van der Waals surface area (Å²) in [5, 5.41) is 0.564. The van der Waals surface area contributed by atoms with Gasteiger partial charge in [0.05, 0.1) is 5.56 Å². The molecule has 0 aromatic carbocycles. The molecule has 0 aliphatic rings. The molecule has 1 aromatic rings. The van der Waals surface area contributed by atoms with Gasteiger partial charge in [0.2, 0.25) is 0 Å². The Hall–Kier alpha value is -0.0300. The van der Waals surface area contributed by atoms with E-state index in [2.05, 4.69) is 45.7 Å². The van der Waals surface area contributed by atoms with E-state index in [0.29, 0.717) is 16.7 Å². The number of nitrogens with zero attached hydrogens (tertiary/aromatic N) is 1. The van der Waals surface area contributed by atoms with E-state index >= 15 is 0 Å². The Balaban J connectivity index is 3.12. The summed E-state index contributed by atoms with van der Waals surface area (Å²) in [5.74, 6) is 1.24. The summed E-state index contributed by atoms with van der Waals surface area (Å²) in [6, 6.07) is 0. The maximum Gasteiger partial charge on any atom is 0.287 e. The van der Waals surface area contributed by atoms with Gasteiger partial charge in [-0.15, -0.1) is 0 Å². The fraction of sp³-hybridized carbons (Fsp3) is 0.750. The molecule has 0 bridgehead atoms. The Labute approximate surface area is 119 Å². The van der Waals surface area contributed by atoms with Crippen LogP contribution in [0.5, 0.6) is 0 Å². The second-order valence-electron chi connectivity index (χ2n) is 4.15. The molecule has 0 aliphatic carbocycles. The van der Waals surface area contributed by atoms with E-state index in [0.717, 1.165) is 37.0 Å². The minimum atomic E-state index is -0.0223. The van der Waals surface area contributed by atoms with E-state index in [9.17, 15) is 4.79 Å². The molecule has 0 N–H and O–H groups in total. The van der Waals surface area contributed by atoms with Gasteiger partial charge in [-0.2, -0.15) is 4.74 Å². The van der Waals surface area contributed by atoms with Crippen LogP contribution in [0.15, 0.2) is 9.32 Å². The second kappa shape index (κ2) is 7.41. The van der Waals surface area contributed by atoms with Gasteiger partial charge in [0.1, 0.15) is 11.2 Å². The highest BCUT2D eigenvalue weighted by Gasteiger charge is 2.22. The molecule has 1 aromatic heterocycles. The zero-order chi connectivity index (χ0) is 12.8. The average molecular weight is 369 g/mol. The standard InChI is InChI=1S/C12H19Br2NO2/c1-3-5-9(6-4-2)11-10(7-13)12(16)15(8-14)17-11/h9H,3-8H2,1-2H3. The molecular weight excluding hydrogens is 350 g/mol. The zero-order valence-corrected chi connectivity index (χ0v) is 13.5. The van der Waals surface area contributed by atoms with Gasteiger partial charge in [0, 0.05) is 11.2 Å². The summed E-state index contributed by atoms with van der Waals surface area (Å²) >= 11 is 6.65. The van der Waals surface area contributed by atoms with E-state index in [1.165, 1.54) is 4.74 Å². The fourth-order valence-corrected chi connectivity index (χ4v) is 2.94. The van der Waals surface area contributed by atoms with Crippen molar-refractivity contribution in [3.63, 3.8) is 0 Å². The number of hydrogen-bond donors (Lipinski definition) is 0. The molecule has 0 spiro atoms. The van der Waals surface area contributed by atoms with Crippen molar-refractivity contribution in [3.8, 4) is 0 Å². The first-order chi connectivity index (χ1) is 8.19. The van der Waals surface area contributed by atoms with E-state index in [1.807, 2.05) is 0 Å². The minimum absolute atomic E-state index is 0.0223. The molecule has 0 aliphatic heterocycles. The first-order valence-corrected chi connectivity index (χ1v) is 8.28. The molecule has 5 heteroatoms. The van der Waals surface area contributed by atoms with E-state index in [-0.39, 0.29) is 5.56 Å². The lowest BCUT2D eigenvalue weighted by atomic mass is 9.94. The van der Waals surface area contributed by atoms with Crippen LogP contribution in [0.4, 0.5) is 0 Å². The predicted molar refractivity (Wildman–Crippen MR) is 77.1 cm³/mol. The quantitative estimate of drug-likeness (QED) is 0.669. The van der Waals surface area contributed by atoms with Gasteiger partial charge >= 0.3 is 0 Å². The zero-order valence-electron chi connectivity index (χ0n) is 10.3. The number of hydrogen-bond acceptors (Lipinski definition) is 2. The normalized spacial score (nSPS) is 11.4. The summed E-state index contributed by atoms with van der Waals surface area (Å²) in [5.41, 5.74) is 1.17. The van der Waals surface area contributed by atoms with Crippen molar-refractivity contribution in [2.24, 2.45) is 0 Å². The molecule has 1 rings (SSSR count). The summed E-state index contributed by atoms with van der Waals surface area (Å²) in [7, 11) is 0. The van der Waals surface area contributed by atoms with Crippen LogP contribution >= 0.6 is 31.9 Å². The predicted octanol–water partition coefficient (Wildman–Crippen LogP) is 4.37. The van der Waals surface area contributed by atoms with Crippen LogP contribution in [0.1, 0.15) is 56.8 Å². The summed E-state index contributed by atoms with van der Waals surface area (Å²) in [6.07, 6.45) is 4.36. The Morgan fingerprint density at radius 1 is 1.24 bits per heavy atom. The molecule has 0 radical (unpaired) electrons. The third-order valence-electron chi connectivity index (χ3n) is 2.88. The first-order valence-electron chi connectivity index (χ1n) is 6.04. The van der Waals surface area contributed by atoms with Crippen LogP contribution < -0.4 is 5.56 Å². The van der Waals surface area contributed by atoms with Crippen LogP contribution in [0, 0.1) is 0 Å². The third kappa shape index (κ3) is 3.47. The molecule has 0 fully saturated rings. The largest absolute Gasteiger partial charge is 0.379 e. The minimum Gasteiger partial charge on any atom is -0.379 e. The van der Waals surface area contributed by atoms with Gasteiger partial charge in [0.25, 0.3) is 5.56 Å². The van der Waals surface area contributed by atoms with Gasteiger partial charge < -0.3 is 4.52 Å². The van der Waals surface area contributed by atoms with Crippen molar-refractivity contribution < 1.29 is 4.52 Å². The Morgan fingerprint density at radius 2 is 1.82 bits per heavy atom. The monoisotopic (exact) mass is 367 g/mol. The summed E-state index contributed by atoms with van der Waals surface area (Å²) < 4.78 is 7.06. The molecule has 3 nitrogen and oxygen atoms in total. The van der Waals surface area contributed by atoms with Crippen molar-refractivity contribution in [2.45, 2.75) is 56.2 Å². The van der Waals surface area contributed by atoms with Crippen LogP contribution in [0.3, 0.4) is 0 Å². The van der Waals surface area contributed by atoms with Crippen molar-refractivity contribution in [2.75, 3.05) is 0 Å². The number of alkyl halides is 2. The van der Waals surface area contributed by atoms with Gasteiger partial charge in [0.15, 0.2) is 0 Å². The van der Waals surface area contributed by atoms with Gasteiger partial charge in [-0.1, -0.05) is 58.5 Å². The summed E-state index contributed by atoms with van der Waals surface area (Å²) in [4.78, 5) is 12.0. The molecule has 1 heterocycles. The molecule has 0 atom stereocenters. The molecule has 0 unspecified atom stereocenters. The maximum absolute atomic E-state index is 12.0. The molecule has 0 saturated carbocycles. The maximum atomic E-state index is 12.0. The highest BCUT2D eigenvalue weighted by atomic mass is 79.9. The molecule has 98 valence electrons. The smallest absolute Gasteiger partial charge is 0.287 e. The number of halogens is 2. The SMILES string of the molecule is CCCC(CCC)c1on(CBr)c(=O)c1CBr. The Kier molecular flexibility index (Phi) is 6.55. The lowest BCUT2D eigenvalue weighted by Crippen LogP contribution is -2.15. The fourth-order valence-electron chi connectivity index (χ4n) is 2.10. The summed E-state index contributed by atoms with van der Waals surface area (Å²) in [6.45, 7) is 4.33. The number of rotatable bonds is 7. The van der Waals surface area contributed by atoms with E-state index < -0.39 is 0 Å². The van der Waals surface area contributed by atoms with E-state index in [1.54, 1.807) is 0 Å². The molecule has 17 heavy (non-hydrogen) atoms. The van der Waals surface area contributed by atoms with Crippen molar-refractivity contribution in [1.82, 2.24) is 4.74 Å². The molecular formula is C12H19Br2NO2. The molecule has 0 amide bonds. The first kappa shape index (κ1) is 15.0. The van der Waals surface area contributed by atoms with Crippen molar-refractivity contribution >= 4 is 31.9 Å². The Morgan fingerprint density at radius 3 is 2.24 bits per heavy atom. The van der Waals surface area contributed by atoms with Gasteiger partial charge in [-0.25, -0.2) is 0 Å². The van der Waals surface area contributed by atoms with E-state index in [4.69, 9.17) is 4.52 Å². The highest BCUT2D eigenvalue weighted by molar-refractivity contribution is 9.08. The van der Waals surface area contributed by atoms with Crippen LogP contribution in [-0.2, 0) is 10.8 Å². The number of aromatic nitrogens is 1. The average Bonchev–Trinajstić information content (AvgIpc) is 2.65. The van der Waals surface area contributed by atoms with Gasteiger partial charge in [-0.05, 0) is 12.8 Å². The van der Waals surface area contributed by atoms with Crippen LogP contribution in [0.25, 0.3) is 0 Å².